The molecule has 32 heavy (non-hydrogen) atoms. The third-order valence-corrected chi connectivity index (χ3v) is 3.92. The molecule has 5 N–H and O–H groups in total. The Morgan fingerprint density at radius 1 is 1.28 bits per heavy atom. The lowest BCUT2D eigenvalue weighted by Crippen LogP contribution is -2.29. The SMILES string of the molecule is N/C(=C\C=C(/N)NC(=O)Cc1cc(OC(F)F)ccn1)CCC(F)Cn1cc(C=O)nn1. The van der Waals surface area contributed by atoms with Crippen molar-refractivity contribution >= 4 is 12.2 Å². The van der Waals surface area contributed by atoms with Crippen LogP contribution in [0.3, 0.4) is 0 Å². The van der Waals surface area contributed by atoms with Crippen LogP contribution in [0.4, 0.5) is 13.2 Å². The van der Waals surface area contributed by atoms with Gasteiger partial charge in [0.1, 0.15) is 23.4 Å². The number of nitrogens with one attached hydrogen (secondary N) is 1. The molecule has 2 aromatic heterocycles. The minimum atomic E-state index is -2.99. The summed E-state index contributed by atoms with van der Waals surface area (Å²) in [5.74, 6) is -0.659. The summed E-state index contributed by atoms with van der Waals surface area (Å²) in [4.78, 5) is 26.5. The lowest BCUT2D eigenvalue weighted by molar-refractivity contribution is -0.119. The molecule has 2 aromatic rings. The van der Waals surface area contributed by atoms with E-state index in [0.717, 1.165) is 0 Å². The molecule has 0 aromatic carbocycles. The molecule has 0 fully saturated rings. The van der Waals surface area contributed by atoms with Crippen LogP contribution < -0.4 is 21.5 Å². The number of alkyl halides is 3. The van der Waals surface area contributed by atoms with Gasteiger partial charge in [-0.05, 0) is 31.1 Å². The van der Waals surface area contributed by atoms with Gasteiger partial charge in [0.15, 0.2) is 6.29 Å². The zero-order valence-electron chi connectivity index (χ0n) is 16.8. The third kappa shape index (κ3) is 8.85. The molecular formula is C19H22F3N7O3. The van der Waals surface area contributed by atoms with Crippen molar-refractivity contribution in [2.75, 3.05) is 0 Å². The van der Waals surface area contributed by atoms with Gasteiger partial charge in [-0.25, -0.2) is 9.07 Å². The highest BCUT2D eigenvalue weighted by Crippen LogP contribution is 2.14. The number of hydrogen-bond acceptors (Lipinski definition) is 8. The van der Waals surface area contributed by atoms with E-state index in [0.29, 0.717) is 12.0 Å². The highest BCUT2D eigenvalue weighted by Gasteiger charge is 2.11. The van der Waals surface area contributed by atoms with Crippen molar-refractivity contribution in [3.63, 3.8) is 0 Å². The van der Waals surface area contributed by atoms with E-state index in [1.165, 1.54) is 41.4 Å². The van der Waals surface area contributed by atoms with Gasteiger partial charge in [-0.2, -0.15) is 8.78 Å². The maximum atomic E-state index is 14.0. The van der Waals surface area contributed by atoms with Crippen LogP contribution in [-0.4, -0.2) is 45.0 Å². The Labute approximate surface area is 181 Å². The molecule has 1 unspecified atom stereocenters. The summed E-state index contributed by atoms with van der Waals surface area (Å²) in [7, 11) is 0. The maximum Gasteiger partial charge on any atom is 0.387 e. The number of carbonyl (C=O) groups is 2. The highest BCUT2D eigenvalue weighted by atomic mass is 19.3. The van der Waals surface area contributed by atoms with Crippen LogP contribution in [0.1, 0.15) is 29.0 Å². The molecule has 0 radical (unpaired) electrons. The first-order valence-electron chi connectivity index (χ1n) is 9.36. The van der Waals surface area contributed by atoms with Crippen LogP contribution in [0.5, 0.6) is 5.75 Å². The number of rotatable bonds is 12. The smallest absolute Gasteiger partial charge is 0.387 e. The van der Waals surface area contributed by atoms with Crippen LogP contribution in [-0.2, 0) is 17.8 Å². The molecule has 1 amide bonds. The minimum absolute atomic E-state index is 0.0151. The van der Waals surface area contributed by atoms with Gasteiger partial charge < -0.3 is 21.5 Å². The first-order valence-corrected chi connectivity index (χ1v) is 9.36. The number of halogens is 3. The molecule has 0 saturated heterocycles. The minimum Gasteiger partial charge on any atom is -0.435 e. The number of ether oxygens (including phenoxy) is 1. The van der Waals surface area contributed by atoms with Gasteiger partial charge in [0, 0.05) is 18.0 Å². The van der Waals surface area contributed by atoms with Gasteiger partial charge in [0.2, 0.25) is 5.91 Å². The number of pyridine rings is 1. The summed E-state index contributed by atoms with van der Waals surface area (Å²) in [5.41, 5.74) is 12.2. The Balaban J connectivity index is 1.78. The van der Waals surface area contributed by atoms with Crippen molar-refractivity contribution in [3.05, 3.63) is 59.6 Å². The van der Waals surface area contributed by atoms with Gasteiger partial charge in [0.05, 0.1) is 24.9 Å². The number of carbonyl (C=O) groups excluding carboxylic acids is 2. The number of nitrogens with two attached hydrogens (primary N) is 2. The quantitative estimate of drug-likeness (QED) is 0.320. The summed E-state index contributed by atoms with van der Waals surface area (Å²) >= 11 is 0. The zero-order valence-corrected chi connectivity index (χ0v) is 16.8. The Hall–Kier alpha value is -3.90. The van der Waals surface area contributed by atoms with E-state index < -0.39 is 18.7 Å². The van der Waals surface area contributed by atoms with E-state index in [-0.39, 0.29) is 48.8 Å². The van der Waals surface area contributed by atoms with E-state index in [2.05, 4.69) is 25.3 Å². The third-order valence-electron chi connectivity index (χ3n) is 3.92. The van der Waals surface area contributed by atoms with Crippen LogP contribution >= 0.6 is 0 Å². The second kappa shape index (κ2) is 12.1. The molecule has 2 heterocycles. The second-order valence-corrected chi connectivity index (χ2v) is 6.57. The van der Waals surface area contributed by atoms with E-state index in [9.17, 15) is 22.8 Å². The highest BCUT2D eigenvalue weighted by molar-refractivity contribution is 5.79. The first-order chi connectivity index (χ1) is 15.2. The summed E-state index contributed by atoms with van der Waals surface area (Å²) in [6.45, 7) is -3.06. The Kier molecular flexibility index (Phi) is 9.20. The molecule has 0 bridgehead atoms. The number of nitrogens with zero attached hydrogens (tertiary/aromatic N) is 4. The molecule has 2 rings (SSSR count). The lowest BCUT2D eigenvalue weighted by Gasteiger charge is -2.08. The van der Waals surface area contributed by atoms with Crippen molar-refractivity contribution in [2.45, 2.75) is 38.6 Å². The fourth-order valence-electron chi connectivity index (χ4n) is 2.49. The van der Waals surface area contributed by atoms with Gasteiger partial charge in [-0.3, -0.25) is 14.6 Å². The van der Waals surface area contributed by atoms with Gasteiger partial charge >= 0.3 is 6.61 Å². The fraction of sp³-hybridized carbons (Fsp3) is 0.316. The molecule has 0 aliphatic heterocycles. The molecule has 0 aliphatic carbocycles. The Morgan fingerprint density at radius 3 is 2.75 bits per heavy atom. The van der Waals surface area contributed by atoms with E-state index in [1.54, 1.807) is 0 Å². The van der Waals surface area contributed by atoms with E-state index >= 15 is 0 Å². The second-order valence-electron chi connectivity index (χ2n) is 6.57. The first kappa shape index (κ1) is 24.4. The molecule has 0 aliphatic rings. The summed E-state index contributed by atoms with van der Waals surface area (Å²) < 4.78 is 44.0. The summed E-state index contributed by atoms with van der Waals surface area (Å²) in [5, 5.41) is 9.57. The van der Waals surface area contributed by atoms with Gasteiger partial charge in [0.25, 0.3) is 0 Å². The average Bonchev–Trinajstić information content (AvgIpc) is 3.18. The largest absolute Gasteiger partial charge is 0.435 e. The van der Waals surface area contributed by atoms with Crippen LogP contribution in [0.15, 0.2) is 48.2 Å². The molecule has 0 saturated carbocycles. The van der Waals surface area contributed by atoms with Gasteiger partial charge in [-0.15, -0.1) is 5.10 Å². The molecule has 13 heteroatoms. The van der Waals surface area contributed by atoms with Crippen molar-refractivity contribution in [2.24, 2.45) is 11.5 Å². The predicted molar refractivity (Wildman–Crippen MR) is 107 cm³/mol. The maximum absolute atomic E-state index is 14.0. The Morgan fingerprint density at radius 2 is 2.06 bits per heavy atom. The predicted octanol–water partition coefficient (Wildman–Crippen LogP) is 1.21. The monoisotopic (exact) mass is 453 g/mol. The van der Waals surface area contributed by atoms with Crippen LogP contribution in [0.2, 0.25) is 0 Å². The fourth-order valence-corrected chi connectivity index (χ4v) is 2.49. The number of hydrogen-bond donors (Lipinski definition) is 3. The summed E-state index contributed by atoms with van der Waals surface area (Å²) in [6, 6.07) is 2.46. The summed E-state index contributed by atoms with van der Waals surface area (Å²) in [6.07, 6.45) is 4.70. The van der Waals surface area contributed by atoms with Crippen LogP contribution in [0.25, 0.3) is 0 Å². The number of aldehydes is 1. The van der Waals surface area contributed by atoms with Crippen LogP contribution in [0, 0.1) is 0 Å². The standard InChI is InChI=1S/C19H22F3N7O3/c20-12(9-29-10-15(11-30)27-28-29)1-2-13(23)3-4-17(24)26-18(31)8-14-7-16(5-6-25-14)32-19(21)22/h3-7,10-12,19H,1-2,8-9,23-24H2,(H,26,31)/b13-3-,17-4+. The molecular weight excluding hydrogens is 431 g/mol. The van der Waals surface area contributed by atoms with Crippen molar-refractivity contribution in [3.8, 4) is 5.75 Å². The average molecular weight is 453 g/mol. The Bertz CT molecular complexity index is 979. The number of amides is 1. The topological polar surface area (TPSA) is 151 Å². The van der Waals surface area contributed by atoms with E-state index in [4.69, 9.17) is 11.5 Å². The van der Waals surface area contributed by atoms with Crippen molar-refractivity contribution in [1.82, 2.24) is 25.3 Å². The normalized spacial score (nSPS) is 13.1. The number of allylic oxidation sites excluding steroid dienone is 3. The molecule has 172 valence electrons. The van der Waals surface area contributed by atoms with Crippen molar-refractivity contribution in [1.29, 1.82) is 0 Å². The zero-order chi connectivity index (χ0) is 23.5. The number of aromatic nitrogens is 4. The molecule has 0 spiro atoms. The van der Waals surface area contributed by atoms with Crippen molar-refractivity contribution < 1.29 is 27.5 Å². The molecule has 1 atom stereocenters. The van der Waals surface area contributed by atoms with Gasteiger partial charge in [-0.1, -0.05) is 5.21 Å². The molecule has 10 nitrogen and oxygen atoms in total. The van der Waals surface area contributed by atoms with E-state index in [1.807, 2.05) is 0 Å². The lowest BCUT2D eigenvalue weighted by atomic mass is 10.1.